The zero-order chi connectivity index (χ0) is 16.4. The van der Waals surface area contributed by atoms with Gasteiger partial charge in [0.05, 0.1) is 11.3 Å². The van der Waals surface area contributed by atoms with Gasteiger partial charge >= 0.3 is 6.18 Å². The summed E-state index contributed by atoms with van der Waals surface area (Å²) in [4.78, 5) is 6.28. The minimum absolute atomic E-state index is 0.198. The van der Waals surface area contributed by atoms with Gasteiger partial charge in [-0.2, -0.15) is 23.3 Å². The predicted octanol–water partition coefficient (Wildman–Crippen LogP) is 1.37. The van der Waals surface area contributed by atoms with Crippen LogP contribution in [0.4, 0.5) is 19.1 Å². The lowest BCUT2D eigenvalue weighted by Crippen LogP contribution is -2.44. The summed E-state index contributed by atoms with van der Waals surface area (Å²) >= 11 is 0. The Balaban J connectivity index is 1.80. The Morgan fingerprint density at radius 3 is 2.74 bits per heavy atom. The molecular weight excluding hydrogens is 313 g/mol. The first-order valence-corrected chi connectivity index (χ1v) is 7.31. The number of nitrogens with one attached hydrogen (secondary N) is 1. The van der Waals surface area contributed by atoms with Gasteiger partial charge in [-0.15, -0.1) is 0 Å². The van der Waals surface area contributed by atoms with Crippen LogP contribution in [-0.2, 0) is 13.5 Å². The molecule has 126 valence electrons. The Morgan fingerprint density at radius 2 is 2.04 bits per heavy atom. The molecule has 0 bridgehead atoms. The van der Waals surface area contributed by atoms with Crippen molar-refractivity contribution < 1.29 is 17.7 Å². The fraction of sp³-hybridized carbons (Fsp3) is 0.615. The van der Waals surface area contributed by atoms with E-state index in [9.17, 15) is 13.2 Å². The van der Waals surface area contributed by atoms with E-state index in [0.29, 0.717) is 17.2 Å². The number of rotatable bonds is 4. The topological polar surface area (TPSA) is 72.0 Å². The van der Waals surface area contributed by atoms with Crippen molar-refractivity contribution in [1.29, 1.82) is 0 Å². The maximum absolute atomic E-state index is 12.4. The molecular formula is C13H17F3N6O. The third-order valence-electron chi connectivity index (χ3n) is 3.60. The van der Waals surface area contributed by atoms with E-state index in [4.69, 9.17) is 4.52 Å². The van der Waals surface area contributed by atoms with Crippen LogP contribution in [0.2, 0.25) is 0 Å². The lowest BCUT2D eigenvalue weighted by atomic mass is 10.1. The van der Waals surface area contributed by atoms with Gasteiger partial charge in [-0.05, 0) is 5.16 Å². The van der Waals surface area contributed by atoms with Gasteiger partial charge in [-0.25, -0.2) is 0 Å². The number of aromatic nitrogens is 4. The van der Waals surface area contributed by atoms with E-state index >= 15 is 0 Å². The molecule has 2 aromatic rings. The van der Waals surface area contributed by atoms with E-state index in [1.807, 2.05) is 4.90 Å². The molecule has 0 saturated carbocycles. The molecule has 0 aromatic carbocycles. The molecule has 1 N–H and O–H groups in total. The fourth-order valence-electron chi connectivity index (χ4n) is 2.48. The lowest BCUT2D eigenvalue weighted by molar-refractivity contribution is -0.134. The highest BCUT2D eigenvalue weighted by Gasteiger charge is 2.29. The summed E-state index contributed by atoms with van der Waals surface area (Å²) in [6, 6.07) is 0. The maximum Gasteiger partial charge on any atom is 0.389 e. The Kier molecular flexibility index (Phi) is 4.24. The van der Waals surface area contributed by atoms with Gasteiger partial charge in [0.1, 0.15) is 0 Å². The minimum atomic E-state index is -4.23. The van der Waals surface area contributed by atoms with E-state index in [1.54, 1.807) is 13.2 Å². The number of halogens is 3. The van der Waals surface area contributed by atoms with Crippen LogP contribution in [0.5, 0.6) is 0 Å². The Bertz CT molecular complexity index is 659. The molecule has 0 amide bonds. The molecule has 2 aromatic heterocycles. The first-order chi connectivity index (χ1) is 10.9. The van der Waals surface area contributed by atoms with Crippen LogP contribution in [0.15, 0.2) is 10.7 Å². The zero-order valence-electron chi connectivity index (χ0n) is 12.6. The minimum Gasteiger partial charge on any atom is -0.336 e. The van der Waals surface area contributed by atoms with E-state index in [-0.39, 0.29) is 12.3 Å². The van der Waals surface area contributed by atoms with Crippen molar-refractivity contribution in [2.45, 2.75) is 19.0 Å². The van der Waals surface area contributed by atoms with Crippen LogP contribution < -0.4 is 10.2 Å². The lowest BCUT2D eigenvalue weighted by Gasteiger charge is -2.25. The fourth-order valence-corrected chi connectivity index (χ4v) is 2.48. The average Bonchev–Trinajstić information content (AvgIpc) is 3.11. The quantitative estimate of drug-likeness (QED) is 0.913. The Hall–Kier alpha value is -2.10. The number of anilines is 1. The summed E-state index contributed by atoms with van der Waals surface area (Å²) in [6.45, 7) is 3.17. The van der Waals surface area contributed by atoms with Crippen molar-refractivity contribution in [2.24, 2.45) is 7.05 Å². The highest BCUT2D eigenvalue weighted by molar-refractivity contribution is 5.56. The molecule has 1 saturated heterocycles. The number of piperazine rings is 1. The van der Waals surface area contributed by atoms with E-state index in [2.05, 4.69) is 20.6 Å². The molecule has 0 unspecified atom stereocenters. The molecule has 0 atom stereocenters. The first-order valence-electron chi connectivity index (χ1n) is 7.31. The molecule has 1 aliphatic heterocycles. The summed E-state index contributed by atoms with van der Waals surface area (Å²) in [6.07, 6.45) is -3.78. The van der Waals surface area contributed by atoms with Crippen LogP contribution in [0, 0.1) is 0 Å². The summed E-state index contributed by atoms with van der Waals surface area (Å²) in [5.74, 6) is 0.649. The molecule has 7 nitrogen and oxygen atoms in total. The van der Waals surface area contributed by atoms with E-state index in [0.717, 1.165) is 26.2 Å². The second kappa shape index (κ2) is 6.19. The number of hydrogen-bond donors (Lipinski definition) is 1. The summed E-state index contributed by atoms with van der Waals surface area (Å²) in [5, 5.41) is 11.2. The number of alkyl halides is 3. The van der Waals surface area contributed by atoms with E-state index < -0.39 is 12.6 Å². The van der Waals surface area contributed by atoms with Crippen molar-refractivity contribution in [3.05, 3.63) is 11.9 Å². The molecule has 3 heterocycles. The van der Waals surface area contributed by atoms with Crippen LogP contribution in [0.25, 0.3) is 11.5 Å². The third-order valence-corrected chi connectivity index (χ3v) is 3.60. The molecule has 23 heavy (non-hydrogen) atoms. The second-order valence-corrected chi connectivity index (χ2v) is 5.41. The van der Waals surface area contributed by atoms with Gasteiger partial charge in [0.2, 0.25) is 0 Å². The highest BCUT2D eigenvalue weighted by atomic mass is 19.4. The van der Waals surface area contributed by atoms with Gasteiger partial charge in [0.15, 0.2) is 0 Å². The molecule has 0 spiro atoms. The van der Waals surface area contributed by atoms with Gasteiger partial charge in [-0.3, -0.25) is 4.68 Å². The van der Waals surface area contributed by atoms with Crippen LogP contribution >= 0.6 is 0 Å². The third kappa shape index (κ3) is 3.81. The van der Waals surface area contributed by atoms with E-state index in [1.165, 1.54) is 4.68 Å². The normalized spacial score (nSPS) is 16.1. The smallest absolute Gasteiger partial charge is 0.336 e. The SMILES string of the molecule is Cn1cc(-c2nc(N3CCNCC3)no2)c(CCC(F)(F)F)n1. The highest BCUT2D eigenvalue weighted by Crippen LogP contribution is 2.27. The van der Waals surface area contributed by atoms with Gasteiger partial charge in [0.25, 0.3) is 11.8 Å². The summed E-state index contributed by atoms with van der Waals surface area (Å²) in [5.41, 5.74) is 0.756. The Morgan fingerprint density at radius 1 is 1.30 bits per heavy atom. The summed E-state index contributed by atoms with van der Waals surface area (Å²) < 4.78 is 44.0. The van der Waals surface area contributed by atoms with Gasteiger partial charge < -0.3 is 14.7 Å². The van der Waals surface area contributed by atoms with Crippen molar-refractivity contribution in [2.75, 3.05) is 31.1 Å². The van der Waals surface area contributed by atoms with Crippen LogP contribution in [0.1, 0.15) is 12.1 Å². The Labute approximate surface area is 130 Å². The monoisotopic (exact) mass is 330 g/mol. The van der Waals surface area contributed by atoms with Crippen molar-refractivity contribution in [1.82, 2.24) is 25.2 Å². The van der Waals surface area contributed by atoms with Gasteiger partial charge in [-0.1, -0.05) is 0 Å². The molecule has 1 fully saturated rings. The van der Waals surface area contributed by atoms with Gasteiger partial charge in [0, 0.05) is 52.3 Å². The van der Waals surface area contributed by atoms with Crippen LogP contribution in [0.3, 0.4) is 0 Å². The molecule has 1 aliphatic rings. The molecule has 0 aliphatic carbocycles. The van der Waals surface area contributed by atoms with Crippen molar-refractivity contribution >= 4 is 5.95 Å². The molecule has 3 rings (SSSR count). The largest absolute Gasteiger partial charge is 0.389 e. The number of hydrogen-bond acceptors (Lipinski definition) is 6. The molecule has 10 heteroatoms. The maximum atomic E-state index is 12.4. The molecule has 0 radical (unpaired) electrons. The van der Waals surface area contributed by atoms with Crippen molar-refractivity contribution in [3.63, 3.8) is 0 Å². The number of aryl methyl sites for hydroxylation is 2. The number of nitrogens with zero attached hydrogens (tertiary/aromatic N) is 5. The standard InChI is InChI=1S/C13H17F3N6O/c1-21-8-9(10(19-21)2-3-13(14,15)16)11-18-12(20-23-11)22-6-4-17-5-7-22/h8,17H,2-7H2,1H3. The zero-order valence-corrected chi connectivity index (χ0v) is 12.6. The van der Waals surface area contributed by atoms with Crippen LogP contribution in [-0.4, -0.2) is 52.3 Å². The second-order valence-electron chi connectivity index (χ2n) is 5.41. The van der Waals surface area contributed by atoms with Crippen molar-refractivity contribution in [3.8, 4) is 11.5 Å². The average molecular weight is 330 g/mol. The predicted molar refractivity (Wildman–Crippen MR) is 76.0 cm³/mol. The first kappa shape index (κ1) is 15.8. The summed E-state index contributed by atoms with van der Waals surface area (Å²) in [7, 11) is 1.65.